The van der Waals surface area contributed by atoms with E-state index in [0.29, 0.717) is 18.2 Å². The third-order valence-electron chi connectivity index (χ3n) is 3.62. The van der Waals surface area contributed by atoms with Crippen molar-refractivity contribution in [3.05, 3.63) is 35.1 Å². The van der Waals surface area contributed by atoms with E-state index in [4.69, 9.17) is 0 Å². The molecule has 0 aliphatic heterocycles. The van der Waals surface area contributed by atoms with Crippen LogP contribution >= 0.6 is 0 Å². The van der Waals surface area contributed by atoms with E-state index >= 15 is 0 Å². The number of hydrogen-bond donors (Lipinski definition) is 2. The lowest BCUT2D eigenvalue weighted by Gasteiger charge is -2.22. The van der Waals surface area contributed by atoms with Gasteiger partial charge in [-0.15, -0.1) is 0 Å². The summed E-state index contributed by atoms with van der Waals surface area (Å²) in [7, 11) is 0. The fraction of sp³-hybridized carbons (Fsp3) is 0.533. The second-order valence-corrected chi connectivity index (χ2v) is 5.25. The molecule has 1 aromatic carbocycles. The summed E-state index contributed by atoms with van der Waals surface area (Å²) in [5.41, 5.74) is 1.52. The van der Waals surface area contributed by atoms with Gasteiger partial charge in [-0.1, -0.05) is 31.4 Å². The highest BCUT2D eigenvalue weighted by Crippen LogP contribution is 2.17. The van der Waals surface area contributed by atoms with Crippen molar-refractivity contribution >= 4 is 6.03 Å². The summed E-state index contributed by atoms with van der Waals surface area (Å²) in [6, 6.07) is 5.07. The van der Waals surface area contributed by atoms with Crippen LogP contribution in [-0.4, -0.2) is 12.1 Å². The van der Waals surface area contributed by atoms with E-state index in [9.17, 15) is 9.18 Å². The number of carbonyl (C=O) groups is 1. The molecule has 1 saturated carbocycles. The Morgan fingerprint density at radius 2 is 2.05 bits per heavy atom. The first-order valence-corrected chi connectivity index (χ1v) is 6.94. The van der Waals surface area contributed by atoms with Gasteiger partial charge in [0, 0.05) is 12.6 Å². The van der Waals surface area contributed by atoms with Crippen molar-refractivity contribution in [2.45, 2.75) is 51.6 Å². The van der Waals surface area contributed by atoms with E-state index in [1.807, 2.05) is 0 Å². The monoisotopic (exact) mass is 264 g/mol. The van der Waals surface area contributed by atoms with Gasteiger partial charge in [-0.05, 0) is 37.0 Å². The molecule has 1 aliphatic rings. The zero-order valence-corrected chi connectivity index (χ0v) is 11.3. The molecule has 3 nitrogen and oxygen atoms in total. The van der Waals surface area contributed by atoms with Crippen LogP contribution < -0.4 is 10.6 Å². The number of benzene rings is 1. The van der Waals surface area contributed by atoms with E-state index in [-0.39, 0.29) is 11.8 Å². The molecular formula is C15H21FN2O. The van der Waals surface area contributed by atoms with Crippen molar-refractivity contribution in [2.24, 2.45) is 0 Å². The number of carbonyl (C=O) groups excluding carboxylic acids is 1. The maximum atomic E-state index is 13.1. The van der Waals surface area contributed by atoms with Gasteiger partial charge in [0.2, 0.25) is 0 Å². The Morgan fingerprint density at radius 3 is 2.74 bits per heavy atom. The molecule has 0 heterocycles. The Labute approximate surface area is 113 Å². The first kappa shape index (κ1) is 13.8. The number of halogens is 1. The maximum Gasteiger partial charge on any atom is 0.315 e. The Balaban J connectivity index is 1.77. The molecule has 0 bridgehead atoms. The minimum absolute atomic E-state index is 0.131. The van der Waals surface area contributed by atoms with Crippen molar-refractivity contribution in [1.29, 1.82) is 0 Å². The van der Waals surface area contributed by atoms with Gasteiger partial charge in [-0.3, -0.25) is 0 Å². The zero-order chi connectivity index (χ0) is 13.7. The summed E-state index contributed by atoms with van der Waals surface area (Å²) in [6.45, 7) is 2.15. The van der Waals surface area contributed by atoms with E-state index in [1.165, 1.54) is 25.3 Å². The SMILES string of the molecule is Cc1cc(CNC(=O)NC2CCCCC2)ccc1F. The van der Waals surface area contributed by atoms with Crippen LogP contribution in [-0.2, 0) is 6.54 Å². The zero-order valence-electron chi connectivity index (χ0n) is 11.3. The lowest BCUT2D eigenvalue weighted by Crippen LogP contribution is -2.42. The van der Waals surface area contributed by atoms with Gasteiger partial charge in [0.25, 0.3) is 0 Å². The molecule has 0 unspecified atom stereocenters. The highest BCUT2D eigenvalue weighted by atomic mass is 19.1. The van der Waals surface area contributed by atoms with Gasteiger partial charge in [0.15, 0.2) is 0 Å². The molecule has 0 saturated heterocycles. The summed E-state index contributed by atoms with van der Waals surface area (Å²) < 4.78 is 13.1. The van der Waals surface area contributed by atoms with E-state index in [0.717, 1.165) is 18.4 Å². The van der Waals surface area contributed by atoms with Crippen LogP contribution in [0, 0.1) is 12.7 Å². The lowest BCUT2D eigenvalue weighted by molar-refractivity contribution is 0.232. The van der Waals surface area contributed by atoms with Crippen molar-refractivity contribution in [1.82, 2.24) is 10.6 Å². The van der Waals surface area contributed by atoms with E-state index < -0.39 is 0 Å². The van der Waals surface area contributed by atoms with Crippen LogP contribution in [0.3, 0.4) is 0 Å². The molecule has 2 N–H and O–H groups in total. The molecule has 104 valence electrons. The summed E-state index contributed by atoms with van der Waals surface area (Å²) in [5, 5.41) is 5.81. The smallest absolute Gasteiger partial charge is 0.315 e. The second kappa shape index (κ2) is 6.55. The molecule has 0 radical (unpaired) electrons. The van der Waals surface area contributed by atoms with Crippen LogP contribution in [0.15, 0.2) is 18.2 Å². The Bertz CT molecular complexity index is 442. The quantitative estimate of drug-likeness (QED) is 0.864. The number of hydrogen-bond acceptors (Lipinski definition) is 1. The van der Waals surface area contributed by atoms with Gasteiger partial charge in [0.1, 0.15) is 5.82 Å². The topological polar surface area (TPSA) is 41.1 Å². The number of urea groups is 1. The predicted octanol–water partition coefficient (Wildman–Crippen LogP) is 3.27. The number of aryl methyl sites for hydroxylation is 1. The standard InChI is InChI=1S/C15H21FN2O/c1-11-9-12(7-8-14(11)16)10-17-15(19)18-13-5-3-2-4-6-13/h7-9,13H,2-6,10H2,1H3,(H2,17,18,19). The van der Waals surface area contributed by atoms with Gasteiger partial charge in [-0.25, -0.2) is 9.18 Å². The minimum atomic E-state index is -0.213. The van der Waals surface area contributed by atoms with Crippen LogP contribution in [0.25, 0.3) is 0 Å². The Hall–Kier alpha value is -1.58. The van der Waals surface area contributed by atoms with Gasteiger partial charge < -0.3 is 10.6 Å². The molecule has 0 spiro atoms. The molecule has 1 fully saturated rings. The van der Waals surface area contributed by atoms with Crippen molar-refractivity contribution in [3.63, 3.8) is 0 Å². The third kappa shape index (κ3) is 4.23. The summed E-state index contributed by atoms with van der Waals surface area (Å²) in [5.74, 6) is -0.213. The van der Waals surface area contributed by atoms with Crippen molar-refractivity contribution in [3.8, 4) is 0 Å². The molecule has 1 aliphatic carbocycles. The third-order valence-corrected chi connectivity index (χ3v) is 3.62. The van der Waals surface area contributed by atoms with Crippen molar-refractivity contribution < 1.29 is 9.18 Å². The lowest BCUT2D eigenvalue weighted by atomic mass is 9.96. The van der Waals surface area contributed by atoms with Crippen LogP contribution in [0.5, 0.6) is 0 Å². The first-order valence-electron chi connectivity index (χ1n) is 6.94. The largest absolute Gasteiger partial charge is 0.335 e. The molecule has 0 atom stereocenters. The summed E-state index contributed by atoms with van der Waals surface area (Å²) in [4.78, 5) is 11.7. The highest BCUT2D eigenvalue weighted by Gasteiger charge is 2.15. The number of amides is 2. The average Bonchev–Trinajstić information content (AvgIpc) is 2.41. The number of nitrogens with one attached hydrogen (secondary N) is 2. The van der Waals surface area contributed by atoms with E-state index in [1.54, 1.807) is 19.1 Å². The molecule has 2 rings (SSSR count). The molecule has 2 amide bonds. The molecule has 4 heteroatoms. The highest BCUT2D eigenvalue weighted by molar-refractivity contribution is 5.74. The minimum Gasteiger partial charge on any atom is -0.335 e. The maximum absolute atomic E-state index is 13.1. The Kier molecular flexibility index (Phi) is 4.77. The molecule has 0 aromatic heterocycles. The summed E-state index contributed by atoms with van der Waals surface area (Å²) >= 11 is 0. The van der Waals surface area contributed by atoms with Crippen molar-refractivity contribution in [2.75, 3.05) is 0 Å². The van der Waals surface area contributed by atoms with Crippen LogP contribution in [0.2, 0.25) is 0 Å². The second-order valence-electron chi connectivity index (χ2n) is 5.25. The normalized spacial score (nSPS) is 16.1. The molecule has 19 heavy (non-hydrogen) atoms. The average molecular weight is 264 g/mol. The van der Waals surface area contributed by atoms with Gasteiger partial charge in [0.05, 0.1) is 0 Å². The molecular weight excluding hydrogens is 243 g/mol. The Morgan fingerprint density at radius 1 is 1.32 bits per heavy atom. The fourth-order valence-corrected chi connectivity index (χ4v) is 2.48. The van der Waals surface area contributed by atoms with E-state index in [2.05, 4.69) is 10.6 Å². The predicted molar refractivity (Wildman–Crippen MR) is 73.4 cm³/mol. The summed E-state index contributed by atoms with van der Waals surface area (Å²) in [6.07, 6.45) is 5.81. The van der Waals surface area contributed by atoms with Gasteiger partial charge in [-0.2, -0.15) is 0 Å². The number of rotatable bonds is 3. The van der Waals surface area contributed by atoms with Gasteiger partial charge >= 0.3 is 6.03 Å². The molecule has 1 aromatic rings. The van der Waals surface area contributed by atoms with Crippen LogP contribution in [0.1, 0.15) is 43.2 Å². The van der Waals surface area contributed by atoms with Crippen LogP contribution in [0.4, 0.5) is 9.18 Å². The fourth-order valence-electron chi connectivity index (χ4n) is 2.48. The first-order chi connectivity index (χ1) is 9.15.